The van der Waals surface area contributed by atoms with Gasteiger partial charge in [-0.15, -0.1) is 5.06 Å². The fourth-order valence-electron chi connectivity index (χ4n) is 2.27. The summed E-state index contributed by atoms with van der Waals surface area (Å²) < 4.78 is 0. The van der Waals surface area contributed by atoms with E-state index in [2.05, 4.69) is 14.5 Å². The molecule has 3 aliphatic heterocycles. The van der Waals surface area contributed by atoms with Crippen LogP contribution in [0.15, 0.2) is 0 Å². The predicted octanol–water partition coefficient (Wildman–Crippen LogP) is -0.483. The summed E-state index contributed by atoms with van der Waals surface area (Å²) in [5.74, 6) is -4.30. The molecule has 164 valence electrons. The molecular formula is C16H19N3O11. The van der Waals surface area contributed by atoms with E-state index in [9.17, 15) is 38.4 Å². The lowest BCUT2D eigenvalue weighted by molar-refractivity contribution is -0.198. The molecule has 0 N–H and O–H groups in total. The van der Waals surface area contributed by atoms with Gasteiger partial charge in [-0.25, -0.2) is 4.79 Å². The Bertz CT molecular complexity index is 718. The van der Waals surface area contributed by atoms with Crippen molar-refractivity contribution in [3.63, 3.8) is 0 Å². The van der Waals surface area contributed by atoms with E-state index in [-0.39, 0.29) is 56.1 Å². The van der Waals surface area contributed by atoms with Crippen LogP contribution in [0.5, 0.6) is 0 Å². The summed E-state index contributed by atoms with van der Waals surface area (Å²) in [5, 5.41) is 1.03. The standard InChI is InChI=1S/C9H8N2O7.C6H7NO4.CH4/c12-5-1-2-6(13)10(5)17-9(16)18-11-7(14)3-4-8(11)15;1-4(8)11-7-5(9)2-3-6(7)10;/h1-4H2;2-3H2,1H3;1H4. The van der Waals surface area contributed by atoms with Gasteiger partial charge < -0.3 is 4.84 Å². The van der Waals surface area contributed by atoms with Crippen molar-refractivity contribution in [1.29, 1.82) is 0 Å². The van der Waals surface area contributed by atoms with Gasteiger partial charge in [0.15, 0.2) is 0 Å². The highest BCUT2D eigenvalue weighted by Crippen LogP contribution is 2.16. The van der Waals surface area contributed by atoms with Gasteiger partial charge in [0, 0.05) is 45.4 Å². The molecule has 3 heterocycles. The molecular weight excluding hydrogens is 410 g/mol. The summed E-state index contributed by atoms with van der Waals surface area (Å²) in [6, 6.07) is 0. The van der Waals surface area contributed by atoms with Gasteiger partial charge in [0.05, 0.1) is 0 Å². The van der Waals surface area contributed by atoms with Crippen molar-refractivity contribution >= 4 is 47.6 Å². The molecule has 6 amide bonds. The molecule has 3 aliphatic rings. The number of hydrogen-bond acceptors (Lipinski definition) is 11. The van der Waals surface area contributed by atoms with E-state index >= 15 is 0 Å². The number of hydroxylamine groups is 6. The van der Waals surface area contributed by atoms with Crippen LogP contribution < -0.4 is 0 Å². The fourth-order valence-corrected chi connectivity index (χ4v) is 2.27. The van der Waals surface area contributed by atoms with E-state index in [1.54, 1.807) is 0 Å². The molecule has 0 unspecified atom stereocenters. The molecule has 0 saturated carbocycles. The second-order valence-corrected chi connectivity index (χ2v) is 5.76. The predicted molar refractivity (Wildman–Crippen MR) is 89.3 cm³/mol. The van der Waals surface area contributed by atoms with Crippen LogP contribution in [0.3, 0.4) is 0 Å². The third-order valence-corrected chi connectivity index (χ3v) is 3.57. The Morgan fingerprint density at radius 2 is 0.800 bits per heavy atom. The highest BCUT2D eigenvalue weighted by molar-refractivity contribution is 6.03. The van der Waals surface area contributed by atoms with Gasteiger partial charge in [-0.3, -0.25) is 38.4 Å². The maximum Gasteiger partial charge on any atom is 0.560 e. The van der Waals surface area contributed by atoms with Crippen LogP contribution in [0.1, 0.15) is 52.9 Å². The van der Waals surface area contributed by atoms with Gasteiger partial charge >= 0.3 is 12.1 Å². The third kappa shape index (κ3) is 5.83. The number of imide groups is 3. The van der Waals surface area contributed by atoms with Crippen LogP contribution in [0.25, 0.3) is 0 Å². The fraction of sp³-hybridized carbons (Fsp3) is 0.500. The SMILES string of the molecule is C.CC(=O)ON1C(=O)CCC1=O.O=C(ON1C(=O)CCC1=O)ON1C(=O)CCC1=O. The molecule has 3 rings (SSSR count). The van der Waals surface area contributed by atoms with Gasteiger partial charge in [0.2, 0.25) is 0 Å². The lowest BCUT2D eigenvalue weighted by Crippen LogP contribution is -2.37. The van der Waals surface area contributed by atoms with Gasteiger partial charge in [0.25, 0.3) is 35.4 Å². The highest BCUT2D eigenvalue weighted by atomic mass is 16.9. The Balaban J connectivity index is 0.000000324. The first-order valence-electron chi connectivity index (χ1n) is 8.26. The average Bonchev–Trinajstić information content (AvgIpc) is 3.25. The molecule has 3 saturated heterocycles. The molecule has 14 nitrogen and oxygen atoms in total. The van der Waals surface area contributed by atoms with Crippen molar-refractivity contribution in [2.24, 2.45) is 0 Å². The summed E-state index contributed by atoms with van der Waals surface area (Å²) in [6.07, 6.45) is -1.47. The van der Waals surface area contributed by atoms with Crippen molar-refractivity contribution in [1.82, 2.24) is 15.2 Å². The van der Waals surface area contributed by atoms with Crippen LogP contribution in [0.2, 0.25) is 0 Å². The minimum atomic E-state index is -1.48. The molecule has 0 aliphatic carbocycles. The van der Waals surface area contributed by atoms with Crippen molar-refractivity contribution < 1.29 is 52.9 Å². The second kappa shape index (κ2) is 10.1. The first kappa shape index (κ1) is 24.2. The topological polar surface area (TPSA) is 174 Å². The quantitative estimate of drug-likeness (QED) is 0.530. The molecule has 0 radical (unpaired) electrons. The van der Waals surface area contributed by atoms with Crippen molar-refractivity contribution in [3.05, 3.63) is 0 Å². The Labute approximate surface area is 169 Å². The van der Waals surface area contributed by atoms with Crippen LogP contribution >= 0.6 is 0 Å². The zero-order valence-electron chi connectivity index (χ0n) is 15.1. The van der Waals surface area contributed by atoms with Crippen molar-refractivity contribution in [2.75, 3.05) is 0 Å². The zero-order valence-corrected chi connectivity index (χ0v) is 15.1. The number of rotatable bonds is 3. The molecule has 0 atom stereocenters. The van der Waals surface area contributed by atoms with Crippen molar-refractivity contribution in [2.45, 2.75) is 52.9 Å². The van der Waals surface area contributed by atoms with Crippen molar-refractivity contribution in [3.8, 4) is 0 Å². The first-order valence-corrected chi connectivity index (χ1v) is 8.26. The summed E-state index contributed by atoms with van der Waals surface area (Å²) in [7, 11) is 0. The average molecular weight is 429 g/mol. The monoisotopic (exact) mass is 429 g/mol. The molecule has 0 spiro atoms. The second-order valence-electron chi connectivity index (χ2n) is 5.76. The van der Waals surface area contributed by atoms with Crippen LogP contribution in [-0.4, -0.2) is 62.8 Å². The molecule has 0 bridgehead atoms. The molecule has 0 aromatic heterocycles. The van der Waals surface area contributed by atoms with Gasteiger partial charge in [0.1, 0.15) is 0 Å². The Morgan fingerprint density at radius 3 is 1.03 bits per heavy atom. The summed E-state index contributed by atoms with van der Waals surface area (Å²) in [5.41, 5.74) is 0. The first-order chi connectivity index (χ1) is 13.6. The third-order valence-electron chi connectivity index (χ3n) is 3.57. The molecule has 0 aromatic rings. The number of carbonyl (C=O) groups excluding carboxylic acids is 8. The lowest BCUT2D eigenvalue weighted by atomic mass is 10.4. The molecule has 3 fully saturated rings. The maximum atomic E-state index is 11.2. The number of nitrogens with zero attached hydrogens (tertiary/aromatic N) is 3. The summed E-state index contributed by atoms with van der Waals surface area (Å²) in [6.45, 7) is 1.14. The van der Waals surface area contributed by atoms with E-state index < -0.39 is 47.6 Å². The van der Waals surface area contributed by atoms with Crippen LogP contribution in [0.4, 0.5) is 4.79 Å². The zero-order chi connectivity index (χ0) is 21.7. The highest BCUT2D eigenvalue weighted by Gasteiger charge is 2.37. The Morgan fingerprint density at radius 1 is 0.567 bits per heavy atom. The smallest absolute Gasteiger partial charge is 0.331 e. The number of carbonyl (C=O) groups is 8. The molecule has 30 heavy (non-hydrogen) atoms. The lowest BCUT2D eigenvalue weighted by Gasteiger charge is -2.15. The van der Waals surface area contributed by atoms with Gasteiger partial charge in [-0.05, 0) is 0 Å². The largest absolute Gasteiger partial charge is 0.560 e. The van der Waals surface area contributed by atoms with E-state index in [1.807, 2.05) is 0 Å². The van der Waals surface area contributed by atoms with Crippen LogP contribution in [0, 0.1) is 0 Å². The summed E-state index contributed by atoms with van der Waals surface area (Å²) in [4.78, 5) is 100. The Hall–Kier alpha value is -3.84. The molecule has 14 heteroatoms. The van der Waals surface area contributed by atoms with Gasteiger partial charge in [-0.2, -0.15) is 4.79 Å². The van der Waals surface area contributed by atoms with E-state index in [1.165, 1.54) is 0 Å². The number of amides is 6. The van der Waals surface area contributed by atoms with E-state index in [0.717, 1.165) is 6.92 Å². The Kier molecular flexibility index (Phi) is 8.13. The minimum Gasteiger partial charge on any atom is -0.331 e. The van der Waals surface area contributed by atoms with E-state index in [0.29, 0.717) is 5.06 Å². The van der Waals surface area contributed by atoms with Crippen LogP contribution in [-0.2, 0) is 48.1 Å². The van der Waals surface area contributed by atoms with Gasteiger partial charge in [-0.1, -0.05) is 17.6 Å². The number of hydrogen-bond donors (Lipinski definition) is 0. The summed E-state index contributed by atoms with van der Waals surface area (Å²) >= 11 is 0. The molecule has 0 aromatic carbocycles. The maximum absolute atomic E-state index is 11.2. The normalized spacial score (nSPS) is 18.2. The van der Waals surface area contributed by atoms with E-state index in [4.69, 9.17) is 0 Å². The minimum absolute atomic E-state index is 0.